The second-order valence-electron chi connectivity index (χ2n) is 8.04. The van der Waals surface area contributed by atoms with Gasteiger partial charge in [0.2, 0.25) is 0 Å². The molecule has 3 heterocycles. The topological polar surface area (TPSA) is 56.5 Å². The summed E-state index contributed by atoms with van der Waals surface area (Å²) in [6.07, 6.45) is 0.993. The molecule has 0 fully saturated rings. The van der Waals surface area contributed by atoms with E-state index in [2.05, 4.69) is 0 Å². The van der Waals surface area contributed by atoms with Gasteiger partial charge >= 0.3 is 0 Å². The number of ether oxygens (including phenoxy) is 1. The van der Waals surface area contributed by atoms with Gasteiger partial charge in [-0.2, -0.15) is 0 Å². The summed E-state index contributed by atoms with van der Waals surface area (Å²) in [7, 11) is 0. The molecule has 2 aliphatic heterocycles. The quantitative estimate of drug-likeness (QED) is 0.542. The van der Waals surface area contributed by atoms with Gasteiger partial charge in [-0.05, 0) is 43.5 Å². The highest BCUT2D eigenvalue weighted by Crippen LogP contribution is 2.41. The number of benzene rings is 2. The number of rotatable bonds is 3. The van der Waals surface area contributed by atoms with E-state index in [0.29, 0.717) is 23.8 Å². The molecule has 0 radical (unpaired) electrons. The Balaban J connectivity index is 1.64. The Morgan fingerprint density at radius 2 is 1.75 bits per heavy atom. The maximum Gasteiger partial charge on any atom is 0.276 e. The van der Waals surface area contributed by atoms with E-state index in [4.69, 9.17) is 27.9 Å². The van der Waals surface area contributed by atoms with E-state index in [-0.39, 0.29) is 40.0 Å². The molecule has 0 N–H and O–H groups in total. The summed E-state index contributed by atoms with van der Waals surface area (Å²) in [5.41, 5.74) is 1.07. The van der Waals surface area contributed by atoms with Crippen LogP contribution in [-0.4, -0.2) is 21.4 Å². The van der Waals surface area contributed by atoms with Crippen LogP contribution in [0.2, 0.25) is 10.2 Å². The molecule has 1 amide bonds. The maximum absolute atomic E-state index is 15.2. The third kappa shape index (κ3) is 3.40. The number of aromatic nitrogens is 2. The van der Waals surface area contributed by atoms with Crippen LogP contribution in [0.15, 0.2) is 41.2 Å². The SMILES string of the molecule is C[C@@H]1Oc2cc(F)c(-c3c(Cl)n4n(c3=O)CCCC4)cc2N(Cc2ccc(Cl)cc2)C1=O. The van der Waals surface area contributed by atoms with Crippen molar-refractivity contribution >= 4 is 34.8 Å². The molecule has 0 spiro atoms. The third-order valence-electron chi connectivity index (χ3n) is 5.94. The number of carbonyl (C=O) groups excluding carboxylic acids is 1. The summed E-state index contributed by atoms with van der Waals surface area (Å²) < 4.78 is 24.1. The number of anilines is 1. The molecule has 6 nitrogen and oxygen atoms in total. The van der Waals surface area contributed by atoms with Crippen LogP contribution in [0.4, 0.5) is 10.1 Å². The molecule has 0 unspecified atom stereocenters. The van der Waals surface area contributed by atoms with E-state index >= 15 is 4.39 Å². The van der Waals surface area contributed by atoms with E-state index in [0.717, 1.165) is 18.4 Å². The largest absolute Gasteiger partial charge is 0.479 e. The number of hydrogen-bond acceptors (Lipinski definition) is 3. The summed E-state index contributed by atoms with van der Waals surface area (Å²) in [6, 6.07) is 9.85. The van der Waals surface area contributed by atoms with Crippen LogP contribution in [0.25, 0.3) is 11.1 Å². The Bertz CT molecular complexity index is 1280. The van der Waals surface area contributed by atoms with Crippen molar-refractivity contribution in [1.29, 1.82) is 0 Å². The fourth-order valence-electron chi connectivity index (χ4n) is 4.31. The highest BCUT2D eigenvalue weighted by Gasteiger charge is 2.34. The number of fused-ring (bicyclic) bond motifs is 2. The van der Waals surface area contributed by atoms with Gasteiger partial charge in [0.05, 0.1) is 17.8 Å². The lowest BCUT2D eigenvalue weighted by molar-refractivity contribution is -0.125. The molecule has 0 bridgehead atoms. The Labute approximate surface area is 193 Å². The predicted molar refractivity (Wildman–Crippen MR) is 121 cm³/mol. The lowest BCUT2D eigenvalue weighted by atomic mass is 10.0. The highest BCUT2D eigenvalue weighted by atomic mass is 35.5. The van der Waals surface area contributed by atoms with E-state index in [1.165, 1.54) is 17.0 Å². The number of halogens is 3. The van der Waals surface area contributed by atoms with Crippen LogP contribution in [0, 0.1) is 5.82 Å². The van der Waals surface area contributed by atoms with Gasteiger partial charge in [-0.15, -0.1) is 0 Å². The standard InChI is InChI=1S/C23H20Cl2FN3O3/c1-13-22(30)27(12-14-4-6-15(24)7-5-14)18-10-16(17(26)11-19(18)32-13)20-21(25)28-8-2-3-9-29(28)23(20)31/h4-7,10-11,13H,2-3,8-9,12H2,1H3/t13-/m0/s1. The van der Waals surface area contributed by atoms with Gasteiger partial charge in [0.15, 0.2) is 6.10 Å². The molecule has 9 heteroatoms. The minimum absolute atomic E-state index is 0.0557. The molecular formula is C23H20Cl2FN3O3. The summed E-state index contributed by atoms with van der Waals surface area (Å²) in [6.45, 7) is 3.01. The molecule has 1 atom stereocenters. The summed E-state index contributed by atoms with van der Waals surface area (Å²) >= 11 is 12.5. The van der Waals surface area contributed by atoms with Crippen molar-refractivity contribution in [2.24, 2.45) is 0 Å². The zero-order valence-corrected chi connectivity index (χ0v) is 18.8. The lowest BCUT2D eigenvalue weighted by Crippen LogP contribution is -2.44. The molecule has 5 rings (SSSR count). The van der Waals surface area contributed by atoms with Crippen molar-refractivity contribution in [2.75, 3.05) is 4.90 Å². The highest BCUT2D eigenvalue weighted by molar-refractivity contribution is 6.32. The first-order valence-corrected chi connectivity index (χ1v) is 11.2. The van der Waals surface area contributed by atoms with Crippen LogP contribution in [-0.2, 0) is 24.4 Å². The van der Waals surface area contributed by atoms with Crippen LogP contribution < -0.4 is 15.2 Å². The number of carbonyl (C=O) groups is 1. The molecule has 1 aromatic heterocycles. The third-order valence-corrected chi connectivity index (χ3v) is 6.58. The fraction of sp³-hybridized carbons (Fsp3) is 0.304. The normalized spacial score (nSPS) is 17.7. The van der Waals surface area contributed by atoms with Gasteiger partial charge in [-0.25, -0.2) is 9.07 Å². The van der Waals surface area contributed by atoms with Crippen molar-refractivity contribution in [3.8, 4) is 16.9 Å². The molecule has 166 valence electrons. The summed E-state index contributed by atoms with van der Waals surface area (Å²) in [4.78, 5) is 27.6. The van der Waals surface area contributed by atoms with Crippen LogP contribution in [0.3, 0.4) is 0 Å². The molecule has 2 aliphatic rings. The van der Waals surface area contributed by atoms with Gasteiger partial charge in [-0.1, -0.05) is 35.3 Å². The average molecular weight is 476 g/mol. The smallest absolute Gasteiger partial charge is 0.276 e. The first-order valence-electron chi connectivity index (χ1n) is 10.4. The van der Waals surface area contributed by atoms with Crippen molar-refractivity contribution < 1.29 is 13.9 Å². The number of amides is 1. The first-order chi connectivity index (χ1) is 15.3. The molecule has 32 heavy (non-hydrogen) atoms. The van der Waals surface area contributed by atoms with E-state index in [9.17, 15) is 9.59 Å². The number of hydrogen-bond donors (Lipinski definition) is 0. The van der Waals surface area contributed by atoms with Gasteiger partial charge in [0.1, 0.15) is 16.7 Å². The predicted octanol–water partition coefficient (Wildman–Crippen LogP) is 4.87. The fourth-order valence-corrected chi connectivity index (χ4v) is 4.79. The molecular weight excluding hydrogens is 456 g/mol. The Morgan fingerprint density at radius 1 is 1.06 bits per heavy atom. The minimum Gasteiger partial charge on any atom is -0.479 e. The number of nitrogens with zero attached hydrogens (tertiary/aromatic N) is 3. The van der Waals surface area contributed by atoms with E-state index in [1.807, 2.05) is 12.1 Å². The zero-order chi connectivity index (χ0) is 22.6. The van der Waals surface area contributed by atoms with E-state index < -0.39 is 11.9 Å². The maximum atomic E-state index is 15.2. The summed E-state index contributed by atoms with van der Waals surface area (Å²) in [5, 5.41) is 0.794. The molecule has 3 aromatic rings. The van der Waals surface area contributed by atoms with Crippen molar-refractivity contribution in [1.82, 2.24) is 9.36 Å². The minimum atomic E-state index is -0.768. The second-order valence-corrected chi connectivity index (χ2v) is 8.83. The van der Waals surface area contributed by atoms with Gasteiger partial charge in [-0.3, -0.25) is 14.3 Å². The van der Waals surface area contributed by atoms with Gasteiger partial charge < -0.3 is 9.64 Å². The van der Waals surface area contributed by atoms with Crippen LogP contribution >= 0.6 is 23.2 Å². The zero-order valence-electron chi connectivity index (χ0n) is 17.3. The first kappa shape index (κ1) is 21.1. The lowest BCUT2D eigenvalue weighted by Gasteiger charge is -2.33. The second kappa shape index (κ2) is 7.98. The molecule has 0 saturated carbocycles. The van der Waals surface area contributed by atoms with E-state index in [1.54, 1.807) is 28.4 Å². The molecule has 2 aromatic carbocycles. The Morgan fingerprint density at radius 3 is 2.44 bits per heavy atom. The molecule has 0 saturated heterocycles. The van der Waals surface area contributed by atoms with Crippen LogP contribution in [0.5, 0.6) is 5.75 Å². The Hall–Kier alpha value is -2.77. The Kier molecular flexibility index (Phi) is 5.26. The van der Waals surface area contributed by atoms with Crippen molar-refractivity contribution in [2.45, 2.75) is 45.5 Å². The van der Waals surface area contributed by atoms with Gasteiger partial charge in [0.25, 0.3) is 11.5 Å². The van der Waals surface area contributed by atoms with Crippen molar-refractivity contribution in [3.63, 3.8) is 0 Å². The summed E-state index contributed by atoms with van der Waals surface area (Å²) in [5.74, 6) is -0.643. The average Bonchev–Trinajstić information content (AvgIpc) is 3.03. The van der Waals surface area contributed by atoms with Crippen molar-refractivity contribution in [3.05, 3.63) is 68.3 Å². The molecule has 0 aliphatic carbocycles. The van der Waals surface area contributed by atoms with Crippen LogP contribution in [0.1, 0.15) is 25.3 Å². The monoisotopic (exact) mass is 475 g/mol. The van der Waals surface area contributed by atoms with Gasteiger partial charge in [0, 0.05) is 29.7 Å².